The highest BCUT2D eigenvalue weighted by Crippen LogP contribution is 2.53. The van der Waals surface area contributed by atoms with E-state index in [0.29, 0.717) is 16.5 Å². The fraction of sp³-hybridized carbons (Fsp3) is 0.250. The average molecular weight is 401 g/mol. The Morgan fingerprint density at radius 1 is 1.05 bits per heavy atom. The second-order valence-corrected chi connectivity index (χ2v) is 8.90. The minimum Gasteiger partial charge on any atom is -0.330 e. The van der Waals surface area contributed by atoms with Crippen LogP contribution < -0.4 is 5.73 Å². The third-order valence-electron chi connectivity index (χ3n) is 4.12. The second kappa shape index (κ2) is 5.96. The molecular formula is C16H15BrClNO2S. The highest BCUT2D eigenvalue weighted by atomic mass is 79.9. The van der Waals surface area contributed by atoms with Crippen LogP contribution in [0.2, 0.25) is 5.02 Å². The lowest BCUT2D eigenvalue weighted by molar-refractivity contribution is 0.591. The van der Waals surface area contributed by atoms with Crippen LogP contribution >= 0.6 is 27.5 Å². The van der Waals surface area contributed by atoms with Crippen LogP contribution in [0.4, 0.5) is 0 Å². The first-order valence-corrected chi connectivity index (χ1v) is 9.62. The number of sulfone groups is 1. The molecule has 116 valence electrons. The van der Waals surface area contributed by atoms with E-state index in [1.54, 1.807) is 24.3 Å². The van der Waals surface area contributed by atoms with Crippen LogP contribution in [0.15, 0.2) is 57.9 Å². The minimum atomic E-state index is -3.40. The number of hydrogen-bond acceptors (Lipinski definition) is 3. The quantitative estimate of drug-likeness (QED) is 0.852. The van der Waals surface area contributed by atoms with Crippen molar-refractivity contribution < 1.29 is 8.42 Å². The number of benzene rings is 2. The van der Waals surface area contributed by atoms with Gasteiger partial charge in [-0.05, 0) is 54.4 Å². The van der Waals surface area contributed by atoms with Crippen molar-refractivity contribution in [1.29, 1.82) is 0 Å². The largest absolute Gasteiger partial charge is 0.330 e. The molecule has 0 radical (unpaired) electrons. The van der Waals surface area contributed by atoms with Crippen LogP contribution in [0.1, 0.15) is 11.5 Å². The van der Waals surface area contributed by atoms with Crippen LogP contribution in [0.3, 0.4) is 0 Å². The van der Waals surface area contributed by atoms with Crippen LogP contribution in [0.5, 0.6) is 0 Å². The molecule has 2 aromatic rings. The maximum Gasteiger partial charge on any atom is 0.182 e. The first kappa shape index (κ1) is 16.0. The normalized spacial score (nSPS) is 24.2. The molecule has 0 amide bonds. The van der Waals surface area contributed by atoms with Crippen LogP contribution in [-0.2, 0) is 9.84 Å². The Bertz CT molecular complexity index is 775. The first-order chi connectivity index (χ1) is 10.4. The van der Waals surface area contributed by atoms with Gasteiger partial charge >= 0.3 is 0 Å². The molecule has 2 aromatic carbocycles. The monoisotopic (exact) mass is 399 g/mol. The van der Waals surface area contributed by atoms with Gasteiger partial charge in [0.25, 0.3) is 0 Å². The number of nitrogens with two attached hydrogens (primary N) is 1. The van der Waals surface area contributed by atoms with Gasteiger partial charge in [0.05, 0.1) is 10.1 Å². The Morgan fingerprint density at radius 3 is 2.18 bits per heavy atom. The van der Waals surface area contributed by atoms with Crippen molar-refractivity contribution in [3.05, 3.63) is 63.6 Å². The number of halogens is 2. The van der Waals surface area contributed by atoms with Gasteiger partial charge < -0.3 is 5.73 Å². The van der Waals surface area contributed by atoms with E-state index in [2.05, 4.69) is 15.9 Å². The molecule has 6 heteroatoms. The summed E-state index contributed by atoms with van der Waals surface area (Å²) in [5.74, 6) is -0.0827. The Labute approximate surface area is 143 Å². The van der Waals surface area contributed by atoms with Crippen molar-refractivity contribution in [1.82, 2.24) is 0 Å². The summed E-state index contributed by atoms with van der Waals surface area (Å²) in [6.07, 6.45) is 0. The molecule has 1 saturated carbocycles. The van der Waals surface area contributed by atoms with E-state index in [1.807, 2.05) is 24.3 Å². The van der Waals surface area contributed by atoms with E-state index >= 15 is 0 Å². The summed E-state index contributed by atoms with van der Waals surface area (Å²) >= 11 is 9.22. The highest BCUT2D eigenvalue weighted by Gasteiger charge is 2.57. The molecule has 2 N–H and O–H groups in total. The molecule has 0 aromatic heterocycles. The van der Waals surface area contributed by atoms with Crippen LogP contribution in [0.25, 0.3) is 0 Å². The molecule has 0 saturated heterocycles. The predicted octanol–water partition coefficient (Wildman–Crippen LogP) is 3.62. The maximum atomic E-state index is 12.8. The highest BCUT2D eigenvalue weighted by molar-refractivity contribution is 9.10. The van der Waals surface area contributed by atoms with Gasteiger partial charge in [0.2, 0.25) is 0 Å². The molecule has 0 bridgehead atoms. The van der Waals surface area contributed by atoms with Crippen LogP contribution in [-0.4, -0.2) is 20.2 Å². The molecule has 3 atom stereocenters. The molecular weight excluding hydrogens is 386 g/mol. The van der Waals surface area contributed by atoms with Gasteiger partial charge in [0.15, 0.2) is 9.84 Å². The fourth-order valence-corrected chi connectivity index (χ4v) is 5.56. The molecule has 1 aliphatic carbocycles. The van der Waals surface area contributed by atoms with Crippen molar-refractivity contribution in [2.75, 3.05) is 6.54 Å². The SMILES string of the molecule is NC[C@@H]1[C@H](c2ccc(Br)cc2)[C@@H]1S(=O)(=O)c1ccc(Cl)cc1. The maximum absolute atomic E-state index is 12.8. The Hall–Kier alpha value is -0.880. The molecule has 0 spiro atoms. The van der Waals surface area contributed by atoms with Crippen molar-refractivity contribution >= 4 is 37.4 Å². The van der Waals surface area contributed by atoms with Gasteiger partial charge in [0, 0.05) is 15.4 Å². The molecule has 0 heterocycles. The lowest BCUT2D eigenvalue weighted by Gasteiger charge is -2.05. The number of rotatable bonds is 4. The van der Waals surface area contributed by atoms with E-state index in [4.69, 9.17) is 17.3 Å². The van der Waals surface area contributed by atoms with Gasteiger partial charge in [0.1, 0.15) is 0 Å². The van der Waals surface area contributed by atoms with Crippen molar-refractivity contribution in [2.45, 2.75) is 16.1 Å². The minimum absolute atomic E-state index is 0.0400. The smallest absolute Gasteiger partial charge is 0.182 e. The summed E-state index contributed by atoms with van der Waals surface area (Å²) < 4.78 is 26.6. The molecule has 22 heavy (non-hydrogen) atoms. The average Bonchev–Trinajstić information content (AvgIpc) is 3.24. The third-order valence-corrected chi connectivity index (χ3v) is 7.19. The van der Waals surface area contributed by atoms with Gasteiger partial charge in [-0.25, -0.2) is 8.42 Å². The molecule has 0 aliphatic heterocycles. The van der Waals surface area contributed by atoms with Crippen molar-refractivity contribution in [2.24, 2.45) is 11.7 Å². The van der Waals surface area contributed by atoms with E-state index in [9.17, 15) is 8.42 Å². The van der Waals surface area contributed by atoms with Gasteiger partial charge in [-0.2, -0.15) is 0 Å². The van der Waals surface area contributed by atoms with Gasteiger partial charge in [-0.15, -0.1) is 0 Å². The Morgan fingerprint density at radius 2 is 1.64 bits per heavy atom. The summed E-state index contributed by atoms with van der Waals surface area (Å²) in [5.41, 5.74) is 6.80. The molecule has 1 fully saturated rings. The first-order valence-electron chi connectivity index (χ1n) is 6.90. The van der Waals surface area contributed by atoms with Crippen molar-refractivity contribution in [3.8, 4) is 0 Å². The summed E-state index contributed by atoms with van der Waals surface area (Å²) in [5, 5.41) is 0.0643. The lowest BCUT2D eigenvalue weighted by atomic mass is 10.1. The Balaban J connectivity index is 1.93. The van der Waals surface area contributed by atoms with E-state index < -0.39 is 15.1 Å². The lowest BCUT2D eigenvalue weighted by Crippen LogP contribution is -2.13. The summed E-state index contributed by atoms with van der Waals surface area (Å²) in [7, 11) is -3.40. The topological polar surface area (TPSA) is 60.2 Å². The fourth-order valence-electron chi connectivity index (χ4n) is 2.95. The summed E-state index contributed by atoms with van der Waals surface area (Å²) in [4.78, 5) is 0.306. The van der Waals surface area contributed by atoms with Gasteiger partial charge in [-0.3, -0.25) is 0 Å². The molecule has 0 unspecified atom stereocenters. The summed E-state index contributed by atoms with van der Waals surface area (Å²) in [6, 6.07) is 14.1. The van der Waals surface area contributed by atoms with E-state index in [-0.39, 0.29) is 11.8 Å². The Kier molecular flexibility index (Phi) is 4.34. The molecule has 1 aliphatic rings. The number of hydrogen-bond donors (Lipinski definition) is 1. The molecule has 3 rings (SSSR count). The van der Waals surface area contributed by atoms with Gasteiger partial charge in [-0.1, -0.05) is 39.7 Å². The summed E-state index contributed by atoms with van der Waals surface area (Å²) in [6.45, 7) is 0.359. The molecule has 3 nitrogen and oxygen atoms in total. The van der Waals surface area contributed by atoms with Crippen LogP contribution in [0, 0.1) is 5.92 Å². The zero-order chi connectivity index (χ0) is 15.9. The third kappa shape index (κ3) is 2.83. The van der Waals surface area contributed by atoms with Crippen molar-refractivity contribution in [3.63, 3.8) is 0 Å². The standard InChI is InChI=1S/C16H15BrClNO2S/c17-11-3-1-10(2-4-11)15-14(9-19)16(15)22(20,21)13-7-5-12(18)6-8-13/h1-8,14-16H,9,19H2/t14-,15+,16-/m1/s1. The van der Waals surface area contributed by atoms with E-state index in [1.165, 1.54) is 0 Å². The zero-order valence-electron chi connectivity index (χ0n) is 11.6. The predicted molar refractivity (Wildman–Crippen MR) is 91.9 cm³/mol. The van der Waals surface area contributed by atoms with E-state index in [0.717, 1.165) is 10.0 Å². The second-order valence-electron chi connectivity index (χ2n) is 5.44. The zero-order valence-corrected chi connectivity index (χ0v) is 14.8.